The lowest BCUT2D eigenvalue weighted by molar-refractivity contribution is -0.115. The fourth-order valence-corrected chi connectivity index (χ4v) is 7.53. The number of halogens is 2. The molecule has 43 heavy (non-hydrogen) atoms. The van der Waals surface area contributed by atoms with Crippen LogP contribution in [0.1, 0.15) is 43.6 Å². The van der Waals surface area contributed by atoms with Gasteiger partial charge in [-0.1, -0.05) is 59.6 Å². The van der Waals surface area contributed by atoms with E-state index in [1.807, 2.05) is 24.3 Å². The van der Waals surface area contributed by atoms with Crippen LogP contribution in [-0.2, 0) is 29.0 Å². The maximum Gasteiger partial charge on any atom is 0.341 e. The number of thiophene rings is 1. The third-order valence-corrected chi connectivity index (χ3v) is 9.73. The number of esters is 1. The molecule has 0 radical (unpaired) electrons. The molecule has 0 spiro atoms. The van der Waals surface area contributed by atoms with Crippen molar-refractivity contribution in [2.24, 2.45) is 0 Å². The van der Waals surface area contributed by atoms with Gasteiger partial charge in [0.2, 0.25) is 5.91 Å². The fraction of sp³-hybridized carbons (Fsp3) is 0.219. The molecule has 1 aliphatic rings. The van der Waals surface area contributed by atoms with Gasteiger partial charge in [0.05, 0.1) is 28.5 Å². The molecule has 0 aliphatic carbocycles. The number of fused-ring (bicyclic) bond motifs is 1. The Morgan fingerprint density at radius 1 is 1.02 bits per heavy atom. The van der Waals surface area contributed by atoms with Crippen LogP contribution in [0.15, 0.2) is 77.7 Å². The Bertz CT molecular complexity index is 1660. The number of nitrogens with zero attached hydrogens (tertiary/aromatic N) is 1. The average molecular weight is 655 g/mol. The standard InChI is InChI=1S/C32H29Cl2N3O4S2/c1-19(42-23-10-6-9-22(16-23)35-30(39)24-12-11-21(33)15-26(24)34)29(38)36-31-28(32(40)41-2)25-13-14-37(18-27(25)43-31)17-20-7-4-3-5-8-20/h3-12,15-16,19H,13-14,17-18H2,1-2H3,(H,35,39)(H,36,38). The van der Waals surface area contributed by atoms with E-state index < -0.39 is 11.2 Å². The lowest BCUT2D eigenvalue weighted by Crippen LogP contribution is -2.29. The zero-order chi connectivity index (χ0) is 30.5. The van der Waals surface area contributed by atoms with Crippen molar-refractivity contribution in [1.29, 1.82) is 0 Å². The number of carbonyl (C=O) groups is 3. The number of amides is 2. The molecule has 4 aromatic rings. The molecule has 3 aromatic carbocycles. The van der Waals surface area contributed by atoms with Crippen molar-refractivity contribution in [3.05, 3.63) is 110 Å². The maximum absolute atomic E-state index is 13.3. The van der Waals surface area contributed by atoms with Crippen molar-refractivity contribution >= 4 is 74.8 Å². The van der Waals surface area contributed by atoms with E-state index in [1.54, 1.807) is 37.3 Å². The SMILES string of the molecule is COC(=O)c1c(NC(=O)C(C)Sc2cccc(NC(=O)c3ccc(Cl)cc3Cl)c2)sc2c1CCN(Cc1ccccc1)C2. The minimum absolute atomic E-state index is 0.239. The van der Waals surface area contributed by atoms with Crippen LogP contribution in [0.25, 0.3) is 0 Å². The molecule has 0 saturated carbocycles. The predicted octanol–water partition coefficient (Wildman–Crippen LogP) is 7.77. The Labute approximate surface area is 268 Å². The third kappa shape index (κ3) is 7.60. The van der Waals surface area contributed by atoms with Crippen LogP contribution < -0.4 is 10.6 Å². The molecule has 5 rings (SSSR count). The second-order valence-corrected chi connectivity index (χ2v) is 13.4. The van der Waals surface area contributed by atoms with Crippen LogP contribution in [0, 0.1) is 0 Å². The molecule has 1 aromatic heterocycles. The topological polar surface area (TPSA) is 87.7 Å². The summed E-state index contributed by atoms with van der Waals surface area (Å²) in [6, 6.07) is 22.2. The van der Waals surface area contributed by atoms with Gasteiger partial charge >= 0.3 is 5.97 Å². The van der Waals surface area contributed by atoms with Crippen molar-refractivity contribution < 1.29 is 19.1 Å². The van der Waals surface area contributed by atoms with Gasteiger partial charge in [-0.3, -0.25) is 14.5 Å². The van der Waals surface area contributed by atoms with Gasteiger partial charge in [-0.2, -0.15) is 0 Å². The summed E-state index contributed by atoms with van der Waals surface area (Å²) in [5.74, 6) is -1.06. The molecule has 0 bridgehead atoms. The van der Waals surface area contributed by atoms with Crippen LogP contribution in [0.5, 0.6) is 0 Å². The van der Waals surface area contributed by atoms with Crippen LogP contribution in [0.4, 0.5) is 10.7 Å². The third-order valence-electron chi connectivity index (χ3n) is 6.96. The highest BCUT2D eigenvalue weighted by atomic mass is 35.5. The number of nitrogens with one attached hydrogen (secondary N) is 2. The summed E-state index contributed by atoms with van der Waals surface area (Å²) >= 11 is 14.9. The number of ether oxygens (including phenoxy) is 1. The number of hydrogen-bond acceptors (Lipinski definition) is 7. The maximum atomic E-state index is 13.3. The highest BCUT2D eigenvalue weighted by molar-refractivity contribution is 8.00. The molecule has 2 amide bonds. The summed E-state index contributed by atoms with van der Waals surface area (Å²) in [5.41, 5.74) is 3.49. The molecule has 2 N–H and O–H groups in total. The van der Waals surface area contributed by atoms with Crippen molar-refractivity contribution in [3.8, 4) is 0 Å². The number of hydrogen-bond donors (Lipinski definition) is 2. The number of anilines is 2. The molecule has 2 heterocycles. The molecular weight excluding hydrogens is 625 g/mol. The summed E-state index contributed by atoms with van der Waals surface area (Å²) in [5, 5.41) is 6.55. The van der Waals surface area contributed by atoms with Crippen molar-refractivity contribution in [2.75, 3.05) is 24.3 Å². The minimum Gasteiger partial charge on any atom is -0.465 e. The average Bonchev–Trinajstić information content (AvgIpc) is 3.34. The first-order chi connectivity index (χ1) is 20.7. The Kier molecular flexibility index (Phi) is 10.1. The van der Waals surface area contributed by atoms with Gasteiger partial charge in [0.15, 0.2) is 0 Å². The van der Waals surface area contributed by atoms with Crippen LogP contribution in [0.3, 0.4) is 0 Å². The van der Waals surface area contributed by atoms with E-state index in [2.05, 4.69) is 27.7 Å². The second-order valence-electron chi connectivity index (χ2n) is 10.0. The number of benzene rings is 3. The second kappa shape index (κ2) is 14.0. The summed E-state index contributed by atoms with van der Waals surface area (Å²) in [6.45, 7) is 4.11. The van der Waals surface area contributed by atoms with Gasteiger partial charge in [0, 0.05) is 40.1 Å². The fourth-order valence-electron chi connectivity index (χ4n) is 4.83. The summed E-state index contributed by atoms with van der Waals surface area (Å²) in [7, 11) is 1.35. The zero-order valence-corrected chi connectivity index (χ0v) is 26.6. The first kappa shape index (κ1) is 31.1. The van der Waals surface area contributed by atoms with Gasteiger partial charge in [-0.15, -0.1) is 23.1 Å². The van der Waals surface area contributed by atoms with Gasteiger partial charge in [0.25, 0.3) is 5.91 Å². The number of thioether (sulfide) groups is 1. The first-order valence-electron chi connectivity index (χ1n) is 13.5. The molecule has 1 atom stereocenters. The van der Waals surface area contributed by atoms with E-state index in [0.29, 0.717) is 39.8 Å². The first-order valence-corrected chi connectivity index (χ1v) is 16.0. The van der Waals surface area contributed by atoms with E-state index >= 15 is 0 Å². The van der Waals surface area contributed by atoms with E-state index in [1.165, 1.54) is 41.8 Å². The van der Waals surface area contributed by atoms with E-state index in [9.17, 15) is 14.4 Å². The van der Waals surface area contributed by atoms with E-state index in [4.69, 9.17) is 27.9 Å². The number of carbonyl (C=O) groups excluding carboxylic acids is 3. The Morgan fingerprint density at radius 3 is 2.56 bits per heavy atom. The minimum atomic E-state index is -0.490. The van der Waals surface area contributed by atoms with Gasteiger partial charge in [0.1, 0.15) is 5.00 Å². The molecule has 0 fully saturated rings. The molecule has 7 nitrogen and oxygen atoms in total. The van der Waals surface area contributed by atoms with Crippen molar-refractivity contribution in [2.45, 2.75) is 36.6 Å². The Hall–Kier alpha value is -3.34. The molecule has 0 saturated heterocycles. The summed E-state index contributed by atoms with van der Waals surface area (Å²) in [4.78, 5) is 43.1. The molecule has 1 aliphatic heterocycles. The normalized spacial score (nSPS) is 13.6. The Balaban J connectivity index is 1.26. The zero-order valence-electron chi connectivity index (χ0n) is 23.5. The van der Waals surface area contributed by atoms with Gasteiger partial charge in [-0.25, -0.2) is 4.79 Å². The highest BCUT2D eigenvalue weighted by Gasteiger charge is 2.30. The molecule has 222 valence electrons. The Morgan fingerprint density at radius 2 is 1.81 bits per heavy atom. The lowest BCUT2D eigenvalue weighted by atomic mass is 10.0. The summed E-state index contributed by atoms with van der Waals surface area (Å²) in [6.07, 6.45) is 0.697. The summed E-state index contributed by atoms with van der Waals surface area (Å²) < 4.78 is 5.10. The molecule has 11 heteroatoms. The number of rotatable bonds is 9. The van der Waals surface area contributed by atoms with Crippen LogP contribution in [0.2, 0.25) is 10.0 Å². The highest BCUT2D eigenvalue weighted by Crippen LogP contribution is 2.38. The van der Waals surface area contributed by atoms with Crippen molar-refractivity contribution in [3.63, 3.8) is 0 Å². The smallest absolute Gasteiger partial charge is 0.341 e. The van der Waals surface area contributed by atoms with Crippen molar-refractivity contribution in [1.82, 2.24) is 4.90 Å². The lowest BCUT2D eigenvalue weighted by Gasteiger charge is -2.27. The molecular formula is C32H29Cl2N3O4S2. The van der Waals surface area contributed by atoms with Crippen LogP contribution >= 0.6 is 46.3 Å². The quantitative estimate of drug-likeness (QED) is 0.142. The monoisotopic (exact) mass is 653 g/mol. The largest absolute Gasteiger partial charge is 0.465 e. The van der Waals surface area contributed by atoms with E-state index in [-0.39, 0.29) is 16.8 Å². The van der Waals surface area contributed by atoms with Crippen LogP contribution in [-0.4, -0.2) is 41.6 Å². The molecule has 1 unspecified atom stereocenters. The van der Waals surface area contributed by atoms with Gasteiger partial charge in [-0.05, 0) is 60.9 Å². The van der Waals surface area contributed by atoms with Gasteiger partial charge < -0.3 is 15.4 Å². The number of methoxy groups -OCH3 is 1. The van der Waals surface area contributed by atoms with E-state index in [0.717, 1.165) is 28.4 Å². The predicted molar refractivity (Wildman–Crippen MR) is 175 cm³/mol.